The van der Waals surface area contributed by atoms with E-state index in [2.05, 4.69) is 205 Å². The Bertz CT molecular complexity index is 2740. The number of allylic oxidation sites excluding steroid dienone is 4. The molecule has 0 aliphatic heterocycles. The third kappa shape index (κ3) is 5.17. The van der Waals surface area contributed by atoms with Crippen molar-refractivity contribution in [2.75, 3.05) is 4.90 Å². The third-order valence-corrected chi connectivity index (χ3v) is 11.4. The van der Waals surface area contributed by atoms with E-state index in [1.807, 2.05) is 0 Å². The van der Waals surface area contributed by atoms with Crippen LogP contribution in [0.1, 0.15) is 37.8 Å². The zero-order valence-electron chi connectivity index (χ0n) is 30.1. The second kappa shape index (κ2) is 12.4. The van der Waals surface area contributed by atoms with Crippen molar-refractivity contribution in [1.29, 1.82) is 0 Å². The maximum atomic E-state index is 2.46. The molecular weight excluding hydrogens is 641 g/mol. The lowest BCUT2D eigenvalue weighted by Crippen LogP contribution is -2.16. The summed E-state index contributed by atoms with van der Waals surface area (Å²) in [7, 11) is 0. The maximum Gasteiger partial charge on any atom is 0.0538 e. The summed E-state index contributed by atoms with van der Waals surface area (Å²) in [6.07, 6.45) is 8.84. The fourth-order valence-corrected chi connectivity index (χ4v) is 8.77. The molecule has 1 aromatic heterocycles. The van der Waals surface area contributed by atoms with Crippen molar-refractivity contribution >= 4 is 44.6 Å². The molecule has 0 N–H and O–H groups in total. The van der Waals surface area contributed by atoms with Crippen molar-refractivity contribution in [1.82, 2.24) is 4.57 Å². The lowest BCUT2D eigenvalue weighted by atomic mass is 9.82. The molecule has 2 nitrogen and oxygen atoms in total. The number of para-hydroxylation sites is 1. The van der Waals surface area contributed by atoms with Crippen LogP contribution in [0.15, 0.2) is 182 Å². The summed E-state index contributed by atoms with van der Waals surface area (Å²) in [4.78, 5) is 2.42. The quantitative estimate of drug-likeness (QED) is 0.170. The Morgan fingerprint density at radius 3 is 2.00 bits per heavy atom. The molecule has 0 atom stereocenters. The molecule has 254 valence electrons. The minimum absolute atomic E-state index is 0.0880. The Hall–Kier alpha value is -6.38. The average Bonchev–Trinajstić information content (AvgIpc) is 3.67. The van der Waals surface area contributed by atoms with Gasteiger partial charge in [-0.15, -0.1) is 0 Å². The highest BCUT2D eigenvalue weighted by atomic mass is 15.1. The molecule has 0 bridgehead atoms. The molecule has 0 unspecified atom stereocenters. The van der Waals surface area contributed by atoms with Crippen LogP contribution in [0.25, 0.3) is 60.9 Å². The lowest BCUT2D eigenvalue weighted by molar-refractivity contribution is 0.660. The standard InChI is InChI=1S/C51H40N2/c1-51(2)47-22-11-9-20-43(47)44-30-29-42(34-48(44)51)52(41-19-13-16-37(32-41)35-14-5-3-6-15-35)40-27-24-36(25-28-40)38-26-31-50-46(33-38)45-21-10-12-23-49(45)53(50)39-17-7-4-8-18-39/h3-7,9-17,19-34H,8,18H2,1-2H3. The summed E-state index contributed by atoms with van der Waals surface area (Å²) in [6.45, 7) is 4.71. The van der Waals surface area contributed by atoms with E-state index >= 15 is 0 Å². The normalized spacial score (nSPS) is 14.3. The van der Waals surface area contributed by atoms with E-state index in [0.29, 0.717) is 0 Å². The van der Waals surface area contributed by atoms with Gasteiger partial charge in [0, 0.05) is 38.9 Å². The number of fused-ring (bicyclic) bond motifs is 6. The molecule has 7 aromatic carbocycles. The number of nitrogens with zero attached hydrogens (tertiary/aromatic N) is 2. The fraction of sp³-hybridized carbons (Fsp3) is 0.0980. The highest BCUT2D eigenvalue weighted by Gasteiger charge is 2.35. The second-order valence-electron chi connectivity index (χ2n) is 14.9. The van der Waals surface area contributed by atoms with Crippen molar-refractivity contribution in [3.63, 3.8) is 0 Å². The van der Waals surface area contributed by atoms with Gasteiger partial charge in [-0.1, -0.05) is 135 Å². The molecule has 2 heteroatoms. The summed E-state index contributed by atoms with van der Waals surface area (Å²) >= 11 is 0. The highest BCUT2D eigenvalue weighted by molar-refractivity contribution is 6.11. The fourth-order valence-electron chi connectivity index (χ4n) is 8.77. The Balaban J connectivity index is 1.08. The van der Waals surface area contributed by atoms with Gasteiger partial charge in [0.15, 0.2) is 0 Å². The van der Waals surface area contributed by atoms with Crippen molar-refractivity contribution < 1.29 is 0 Å². The third-order valence-electron chi connectivity index (χ3n) is 11.4. The Labute approximate surface area is 311 Å². The first kappa shape index (κ1) is 31.4. The molecule has 0 amide bonds. The Morgan fingerprint density at radius 1 is 0.491 bits per heavy atom. The molecule has 53 heavy (non-hydrogen) atoms. The van der Waals surface area contributed by atoms with Crippen LogP contribution in [0.4, 0.5) is 17.1 Å². The molecule has 0 saturated carbocycles. The average molecular weight is 681 g/mol. The van der Waals surface area contributed by atoms with Crippen LogP contribution in [0, 0.1) is 0 Å². The van der Waals surface area contributed by atoms with E-state index in [1.54, 1.807) is 0 Å². The van der Waals surface area contributed by atoms with E-state index < -0.39 is 0 Å². The van der Waals surface area contributed by atoms with Crippen molar-refractivity contribution in [3.8, 4) is 33.4 Å². The van der Waals surface area contributed by atoms with Gasteiger partial charge in [0.2, 0.25) is 0 Å². The molecule has 10 rings (SSSR count). The molecule has 0 saturated heterocycles. The first-order valence-electron chi connectivity index (χ1n) is 18.7. The largest absolute Gasteiger partial charge is 0.313 e. The summed E-state index contributed by atoms with van der Waals surface area (Å²) in [6, 6.07) is 60.4. The summed E-state index contributed by atoms with van der Waals surface area (Å²) in [5.41, 5.74) is 17.5. The van der Waals surface area contributed by atoms with Crippen LogP contribution in [-0.2, 0) is 5.41 Å². The van der Waals surface area contributed by atoms with Gasteiger partial charge in [-0.3, -0.25) is 0 Å². The summed E-state index contributed by atoms with van der Waals surface area (Å²) in [5.74, 6) is 0. The van der Waals surface area contributed by atoms with Gasteiger partial charge in [0.25, 0.3) is 0 Å². The van der Waals surface area contributed by atoms with Crippen LogP contribution in [0.2, 0.25) is 0 Å². The van der Waals surface area contributed by atoms with E-state index in [4.69, 9.17) is 0 Å². The lowest BCUT2D eigenvalue weighted by Gasteiger charge is -2.28. The van der Waals surface area contributed by atoms with Gasteiger partial charge in [0.1, 0.15) is 0 Å². The molecule has 0 radical (unpaired) electrons. The number of rotatable bonds is 6. The van der Waals surface area contributed by atoms with E-state index in [9.17, 15) is 0 Å². The van der Waals surface area contributed by atoms with Crippen LogP contribution in [0.5, 0.6) is 0 Å². The minimum atomic E-state index is -0.0880. The van der Waals surface area contributed by atoms with Gasteiger partial charge < -0.3 is 9.47 Å². The predicted molar refractivity (Wildman–Crippen MR) is 225 cm³/mol. The molecule has 1 heterocycles. The minimum Gasteiger partial charge on any atom is -0.313 e. The van der Waals surface area contributed by atoms with E-state index in [0.717, 1.165) is 29.9 Å². The summed E-state index contributed by atoms with van der Waals surface area (Å²) < 4.78 is 2.46. The Kier molecular flexibility index (Phi) is 7.33. The topological polar surface area (TPSA) is 8.17 Å². The van der Waals surface area contributed by atoms with Crippen molar-refractivity contribution in [3.05, 3.63) is 193 Å². The maximum absolute atomic E-state index is 2.46. The van der Waals surface area contributed by atoms with Crippen LogP contribution < -0.4 is 4.90 Å². The first-order valence-corrected chi connectivity index (χ1v) is 18.7. The first-order chi connectivity index (χ1) is 26.0. The molecule has 2 aliphatic rings. The van der Waals surface area contributed by atoms with E-state index in [-0.39, 0.29) is 5.41 Å². The number of hydrogen-bond donors (Lipinski definition) is 0. The number of benzene rings is 7. The van der Waals surface area contributed by atoms with Gasteiger partial charge >= 0.3 is 0 Å². The van der Waals surface area contributed by atoms with Crippen LogP contribution >= 0.6 is 0 Å². The molecule has 0 fully saturated rings. The predicted octanol–water partition coefficient (Wildman–Crippen LogP) is 14.1. The van der Waals surface area contributed by atoms with Gasteiger partial charge in [-0.2, -0.15) is 0 Å². The number of anilines is 3. The highest BCUT2D eigenvalue weighted by Crippen LogP contribution is 2.51. The Morgan fingerprint density at radius 2 is 1.15 bits per heavy atom. The van der Waals surface area contributed by atoms with Crippen LogP contribution in [-0.4, -0.2) is 4.57 Å². The molecule has 8 aromatic rings. The number of aromatic nitrogens is 1. The van der Waals surface area contributed by atoms with Crippen LogP contribution in [0.3, 0.4) is 0 Å². The second-order valence-corrected chi connectivity index (χ2v) is 14.9. The summed E-state index contributed by atoms with van der Waals surface area (Å²) in [5, 5.41) is 2.58. The van der Waals surface area contributed by atoms with Gasteiger partial charge in [-0.05, 0) is 118 Å². The zero-order valence-corrected chi connectivity index (χ0v) is 30.1. The molecule has 0 spiro atoms. The van der Waals surface area contributed by atoms with Gasteiger partial charge in [0.05, 0.1) is 11.0 Å². The smallest absolute Gasteiger partial charge is 0.0538 e. The number of hydrogen-bond acceptors (Lipinski definition) is 1. The van der Waals surface area contributed by atoms with Crippen molar-refractivity contribution in [2.24, 2.45) is 0 Å². The van der Waals surface area contributed by atoms with E-state index in [1.165, 1.54) is 72.0 Å². The zero-order chi connectivity index (χ0) is 35.5. The molecule has 2 aliphatic carbocycles. The monoisotopic (exact) mass is 680 g/mol. The van der Waals surface area contributed by atoms with Gasteiger partial charge in [-0.25, -0.2) is 0 Å². The van der Waals surface area contributed by atoms with Crippen molar-refractivity contribution in [2.45, 2.75) is 32.1 Å². The molecular formula is C51H40N2. The SMILES string of the molecule is CC1(C)c2ccccc2-c2ccc(N(c3ccc(-c4ccc5c(c4)c4ccccc4n5C4=CC=CCC4)cc3)c3cccc(-c4ccccc4)c3)cc21.